The third-order valence-corrected chi connectivity index (χ3v) is 6.90. The Balaban J connectivity index is 1.29. The number of anilines is 1. The minimum atomic E-state index is -4.48. The number of phenols is 1. The Bertz CT molecular complexity index is 1930. The molecular formula is C29H20N4O7S. The average Bonchev–Trinajstić information content (AvgIpc) is 2.95. The van der Waals surface area contributed by atoms with Gasteiger partial charge in [0, 0.05) is 6.07 Å². The number of rotatable bonds is 7. The maximum absolute atomic E-state index is 11.6. The first-order valence-corrected chi connectivity index (χ1v) is 13.4. The summed E-state index contributed by atoms with van der Waals surface area (Å²) in [5.41, 5.74) is 6.13. The number of carboxylic acid groups (broad SMARTS) is 1. The largest absolute Gasteiger partial charge is 0.507 e. The quantitative estimate of drug-likeness (QED) is 0.0711. The van der Waals surface area contributed by atoms with Gasteiger partial charge < -0.3 is 10.2 Å². The molecule has 4 aromatic carbocycles. The second-order valence-electron chi connectivity index (χ2n) is 8.83. The zero-order chi connectivity index (χ0) is 29.1. The van der Waals surface area contributed by atoms with E-state index in [-0.39, 0.29) is 11.3 Å². The van der Waals surface area contributed by atoms with Crippen molar-refractivity contribution in [1.82, 2.24) is 0 Å². The second-order valence-corrected chi connectivity index (χ2v) is 10.2. The molecule has 12 heteroatoms. The van der Waals surface area contributed by atoms with E-state index in [9.17, 15) is 27.7 Å². The number of allylic oxidation sites excluding steroid dienone is 3. The number of aliphatic carboxylic acids is 1. The molecule has 0 spiro atoms. The maximum atomic E-state index is 11.6. The molecule has 4 N–H and O–H groups in total. The molecule has 0 amide bonds. The number of ketones is 1. The second kappa shape index (κ2) is 11.0. The Kier molecular flexibility index (Phi) is 7.25. The number of fused-ring (bicyclic) bond motifs is 1. The Morgan fingerprint density at radius 2 is 1.54 bits per heavy atom. The summed E-state index contributed by atoms with van der Waals surface area (Å²) in [6, 6.07) is 21.6. The van der Waals surface area contributed by atoms with Crippen molar-refractivity contribution in [2.24, 2.45) is 15.3 Å². The fourth-order valence-electron chi connectivity index (χ4n) is 4.04. The first-order chi connectivity index (χ1) is 19.6. The zero-order valence-electron chi connectivity index (χ0n) is 21.0. The number of carboxylic acids is 1. The van der Waals surface area contributed by atoms with Gasteiger partial charge in [-0.3, -0.25) is 14.8 Å². The Morgan fingerprint density at radius 3 is 2.20 bits per heavy atom. The number of benzene rings is 4. The molecule has 4 aromatic rings. The minimum Gasteiger partial charge on any atom is -0.507 e. The molecule has 0 radical (unpaired) electrons. The molecule has 0 unspecified atom stereocenters. The van der Waals surface area contributed by atoms with E-state index >= 15 is 0 Å². The summed E-state index contributed by atoms with van der Waals surface area (Å²) in [6.45, 7) is 0. The molecular weight excluding hydrogens is 548 g/mol. The summed E-state index contributed by atoms with van der Waals surface area (Å²) in [7, 11) is -4.48. The number of aromatic hydroxyl groups is 1. The van der Waals surface area contributed by atoms with Gasteiger partial charge in [0.2, 0.25) is 0 Å². The van der Waals surface area contributed by atoms with Crippen molar-refractivity contribution in [3.8, 4) is 16.9 Å². The van der Waals surface area contributed by atoms with Gasteiger partial charge in [-0.15, -0.1) is 5.11 Å². The van der Waals surface area contributed by atoms with Crippen LogP contribution in [0.2, 0.25) is 0 Å². The summed E-state index contributed by atoms with van der Waals surface area (Å²) in [5.74, 6) is -2.25. The van der Waals surface area contributed by atoms with E-state index in [4.69, 9.17) is 5.11 Å². The highest BCUT2D eigenvalue weighted by Crippen LogP contribution is 2.36. The van der Waals surface area contributed by atoms with E-state index < -0.39 is 26.8 Å². The molecule has 11 nitrogen and oxygen atoms in total. The Morgan fingerprint density at radius 1 is 0.854 bits per heavy atom. The fraction of sp³-hybridized carbons (Fsp3) is 0. The van der Waals surface area contributed by atoms with Gasteiger partial charge in [-0.05, 0) is 71.1 Å². The molecule has 0 saturated carbocycles. The molecule has 0 fully saturated rings. The molecule has 1 aliphatic rings. The molecule has 0 atom stereocenters. The van der Waals surface area contributed by atoms with E-state index in [0.717, 1.165) is 23.3 Å². The molecule has 5 rings (SSSR count). The number of nitrogens with one attached hydrogen (secondary N) is 1. The van der Waals surface area contributed by atoms with Gasteiger partial charge in [0.05, 0.1) is 33.1 Å². The lowest BCUT2D eigenvalue weighted by Crippen LogP contribution is -2.15. The SMILES string of the molecule is O=C(O)C1=C/C(=N/Nc2ccc(-c3ccc(N=Nc4cccc5cc(S(=O)(=O)O)cc(O)c45)cc3)cc2)C=CC1=O. The molecule has 0 aliphatic heterocycles. The first-order valence-electron chi connectivity index (χ1n) is 11.9. The summed E-state index contributed by atoms with van der Waals surface area (Å²) in [4.78, 5) is 22.3. The molecule has 1 aliphatic carbocycles. The van der Waals surface area contributed by atoms with Crippen LogP contribution in [0.4, 0.5) is 17.1 Å². The van der Waals surface area contributed by atoms with Crippen LogP contribution in [-0.2, 0) is 19.7 Å². The Hall–Kier alpha value is -5.46. The number of phenolic OH excluding ortho intramolecular Hbond substituents is 1. The van der Waals surface area contributed by atoms with Crippen LogP contribution < -0.4 is 5.43 Å². The van der Waals surface area contributed by atoms with Crippen LogP contribution in [0.25, 0.3) is 21.9 Å². The van der Waals surface area contributed by atoms with Crippen molar-refractivity contribution in [2.45, 2.75) is 4.90 Å². The standard InChI is InChI=1S/C29H20N4O7S/c34-26-13-12-22(15-24(26)29(36)37)32-30-20-8-4-17(5-9-20)18-6-10-21(11-7-18)31-33-25-3-1-2-19-14-23(41(38,39)40)16-27(35)28(19)25/h1-16,30,35H,(H,36,37)(H,38,39,40)/b32-22+,33-31?. The predicted molar refractivity (Wildman–Crippen MR) is 152 cm³/mol. The molecule has 0 saturated heterocycles. The van der Waals surface area contributed by atoms with Crippen LogP contribution in [0.5, 0.6) is 5.75 Å². The third kappa shape index (κ3) is 6.08. The van der Waals surface area contributed by atoms with Crippen molar-refractivity contribution in [2.75, 3.05) is 5.43 Å². The highest BCUT2D eigenvalue weighted by Gasteiger charge is 2.19. The van der Waals surface area contributed by atoms with Gasteiger partial charge in [0.15, 0.2) is 5.78 Å². The number of azo groups is 1. The van der Waals surface area contributed by atoms with Crippen molar-refractivity contribution in [3.05, 3.63) is 103 Å². The van der Waals surface area contributed by atoms with Crippen molar-refractivity contribution in [1.29, 1.82) is 0 Å². The monoisotopic (exact) mass is 568 g/mol. The Labute approximate surface area is 233 Å². The summed E-state index contributed by atoms with van der Waals surface area (Å²) in [5, 5.41) is 32.7. The number of carbonyl (C=O) groups excluding carboxylic acids is 1. The van der Waals surface area contributed by atoms with Crippen LogP contribution >= 0.6 is 0 Å². The van der Waals surface area contributed by atoms with E-state index in [1.165, 1.54) is 18.2 Å². The van der Waals surface area contributed by atoms with Crippen LogP contribution in [0.1, 0.15) is 0 Å². The lowest BCUT2D eigenvalue weighted by atomic mass is 10.0. The van der Waals surface area contributed by atoms with Gasteiger partial charge in [-0.2, -0.15) is 18.6 Å². The highest BCUT2D eigenvalue weighted by atomic mass is 32.2. The third-order valence-electron chi connectivity index (χ3n) is 6.07. The average molecular weight is 569 g/mol. The predicted octanol–water partition coefficient (Wildman–Crippen LogP) is 5.79. The number of carbonyl (C=O) groups is 2. The van der Waals surface area contributed by atoms with E-state index in [0.29, 0.717) is 33.5 Å². The lowest BCUT2D eigenvalue weighted by Gasteiger charge is -2.07. The highest BCUT2D eigenvalue weighted by molar-refractivity contribution is 7.85. The topological polar surface area (TPSA) is 178 Å². The van der Waals surface area contributed by atoms with Gasteiger partial charge >= 0.3 is 5.97 Å². The van der Waals surface area contributed by atoms with Crippen LogP contribution in [0, 0.1) is 0 Å². The van der Waals surface area contributed by atoms with Gasteiger partial charge in [0.25, 0.3) is 10.1 Å². The number of hydrogen-bond donors (Lipinski definition) is 4. The maximum Gasteiger partial charge on any atom is 0.339 e. The first kappa shape index (κ1) is 27.1. The van der Waals surface area contributed by atoms with Crippen molar-refractivity contribution >= 4 is 55.4 Å². The summed E-state index contributed by atoms with van der Waals surface area (Å²) < 4.78 is 32.2. The molecule has 41 heavy (non-hydrogen) atoms. The van der Waals surface area contributed by atoms with Gasteiger partial charge in [0.1, 0.15) is 11.3 Å². The van der Waals surface area contributed by atoms with Crippen molar-refractivity contribution in [3.63, 3.8) is 0 Å². The number of hydrazone groups is 1. The number of hydrogen-bond acceptors (Lipinski definition) is 9. The van der Waals surface area contributed by atoms with E-state index in [1.54, 1.807) is 42.5 Å². The normalized spacial score (nSPS) is 14.5. The fourth-order valence-corrected chi connectivity index (χ4v) is 4.58. The smallest absolute Gasteiger partial charge is 0.339 e. The minimum absolute atomic E-state index is 0.297. The van der Waals surface area contributed by atoms with E-state index in [1.807, 2.05) is 24.3 Å². The molecule has 0 heterocycles. The van der Waals surface area contributed by atoms with E-state index in [2.05, 4.69) is 20.8 Å². The van der Waals surface area contributed by atoms with Crippen LogP contribution in [-0.4, -0.2) is 40.6 Å². The molecule has 204 valence electrons. The summed E-state index contributed by atoms with van der Waals surface area (Å²) >= 11 is 0. The number of nitrogens with zero attached hydrogens (tertiary/aromatic N) is 3. The van der Waals surface area contributed by atoms with Gasteiger partial charge in [-0.1, -0.05) is 36.4 Å². The zero-order valence-corrected chi connectivity index (χ0v) is 21.8. The molecule has 0 bridgehead atoms. The lowest BCUT2D eigenvalue weighted by molar-refractivity contribution is -0.134. The van der Waals surface area contributed by atoms with Crippen molar-refractivity contribution < 1.29 is 32.8 Å². The van der Waals surface area contributed by atoms with Crippen LogP contribution in [0.3, 0.4) is 0 Å². The molecule has 0 aromatic heterocycles. The van der Waals surface area contributed by atoms with Gasteiger partial charge in [-0.25, -0.2) is 4.79 Å². The summed E-state index contributed by atoms with van der Waals surface area (Å²) in [6.07, 6.45) is 3.79. The van der Waals surface area contributed by atoms with Crippen LogP contribution in [0.15, 0.2) is 123 Å².